The van der Waals surface area contributed by atoms with Gasteiger partial charge in [-0.15, -0.1) is 10.2 Å². The number of nitrogens with zero attached hydrogens (tertiary/aromatic N) is 5. The van der Waals surface area contributed by atoms with Crippen LogP contribution in [-0.2, 0) is 0 Å². The Bertz CT molecular complexity index is 1190. The van der Waals surface area contributed by atoms with Gasteiger partial charge in [-0.2, -0.15) is 10.1 Å². The van der Waals surface area contributed by atoms with Gasteiger partial charge in [0.1, 0.15) is 11.3 Å². The lowest BCUT2D eigenvalue weighted by Gasteiger charge is -2.03. The lowest BCUT2D eigenvalue weighted by molar-refractivity contribution is -0.384. The number of methoxy groups -OCH3 is 1. The summed E-state index contributed by atoms with van der Waals surface area (Å²) in [5.41, 5.74) is 5.21. The zero-order chi connectivity index (χ0) is 18.8. The summed E-state index contributed by atoms with van der Waals surface area (Å²) in [5.74, 6) is 0.644. The molecular weight excluding hydrogens is 350 g/mol. The predicted octanol–water partition coefficient (Wildman–Crippen LogP) is 2.87. The van der Waals surface area contributed by atoms with Crippen molar-refractivity contribution in [3.05, 3.63) is 58.1 Å². The summed E-state index contributed by atoms with van der Waals surface area (Å²) in [6.45, 7) is 0. The lowest BCUT2D eigenvalue weighted by Crippen LogP contribution is -2.00. The number of hydrogen-bond acceptors (Lipinski definition) is 8. The minimum absolute atomic E-state index is 0.0605. The van der Waals surface area contributed by atoms with E-state index in [0.29, 0.717) is 22.5 Å². The highest BCUT2D eigenvalue weighted by atomic mass is 16.6. The topological polar surface area (TPSA) is 131 Å². The van der Waals surface area contributed by atoms with E-state index in [1.54, 1.807) is 0 Å². The molecule has 0 saturated heterocycles. The van der Waals surface area contributed by atoms with Crippen molar-refractivity contribution in [2.75, 3.05) is 12.5 Å². The van der Waals surface area contributed by atoms with Gasteiger partial charge in [-0.25, -0.2) is 5.43 Å². The van der Waals surface area contributed by atoms with Gasteiger partial charge in [-0.3, -0.25) is 10.1 Å². The molecule has 134 valence electrons. The molecule has 2 heterocycles. The highest BCUT2D eigenvalue weighted by Gasteiger charge is 2.10. The fraction of sp³-hybridized carbons (Fsp3) is 0.0588. The summed E-state index contributed by atoms with van der Waals surface area (Å²) < 4.78 is 5.18. The van der Waals surface area contributed by atoms with E-state index in [1.165, 1.54) is 31.5 Å². The molecule has 0 aliphatic carbocycles. The number of benzene rings is 2. The number of aromatic amines is 1. The molecule has 0 aliphatic heterocycles. The van der Waals surface area contributed by atoms with Crippen molar-refractivity contribution in [3.63, 3.8) is 0 Å². The van der Waals surface area contributed by atoms with E-state index < -0.39 is 4.92 Å². The molecule has 27 heavy (non-hydrogen) atoms. The van der Waals surface area contributed by atoms with Crippen molar-refractivity contribution < 1.29 is 9.66 Å². The van der Waals surface area contributed by atoms with Gasteiger partial charge in [0.15, 0.2) is 5.65 Å². The number of non-ortho nitro benzene ring substituents is 1. The van der Waals surface area contributed by atoms with E-state index >= 15 is 0 Å². The van der Waals surface area contributed by atoms with Crippen LogP contribution in [0.25, 0.3) is 22.1 Å². The van der Waals surface area contributed by atoms with Gasteiger partial charge in [0.25, 0.3) is 11.6 Å². The maximum atomic E-state index is 10.9. The molecule has 2 aromatic heterocycles. The van der Waals surface area contributed by atoms with Crippen LogP contribution >= 0.6 is 0 Å². The maximum absolute atomic E-state index is 10.9. The average molecular weight is 363 g/mol. The van der Waals surface area contributed by atoms with E-state index in [1.807, 2.05) is 24.3 Å². The highest BCUT2D eigenvalue weighted by Crippen LogP contribution is 2.23. The molecule has 0 spiro atoms. The van der Waals surface area contributed by atoms with Gasteiger partial charge in [-0.05, 0) is 12.1 Å². The monoisotopic (exact) mass is 363 g/mol. The fourth-order valence-corrected chi connectivity index (χ4v) is 2.66. The molecule has 0 saturated carbocycles. The second kappa shape index (κ2) is 6.67. The Kier molecular flexibility index (Phi) is 4.05. The molecule has 2 N–H and O–H groups in total. The van der Waals surface area contributed by atoms with Gasteiger partial charge in [0.05, 0.1) is 18.2 Å². The SMILES string of the molecule is COc1ccc([N+](=O)[O-])cc1C=NNc1nnc2c(n1)[nH]c1ccccc12. The smallest absolute Gasteiger partial charge is 0.270 e. The summed E-state index contributed by atoms with van der Waals surface area (Å²) >= 11 is 0. The van der Waals surface area contributed by atoms with Crippen LogP contribution in [0.5, 0.6) is 5.75 Å². The van der Waals surface area contributed by atoms with E-state index in [4.69, 9.17) is 4.74 Å². The molecule has 2 aromatic carbocycles. The summed E-state index contributed by atoms with van der Waals surface area (Å²) in [6, 6.07) is 11.9. The van der Waals surface area contributed by atoms with Crippen LogP contribution in [-0.4, -0.2) is 38.4 Å². The predicted molar refractivity (Wildman–Crippen MR) is 100 cm³/mol. The number of nitro groups is 1. The number of rotatable bonds is 5. The van der Waals surface area contributed by atoms with E-state index in [9.17, 15) is 10.1 Å². The summed E-state index contributed by atoms with van der Waals surface area (Å²) in [5, 5.41) is 24.1. The molecule has 0 amide bonds. The molecule has 0 atom stereocenters. The van der Waals surface area contributed by atoms with Crippen LogP contribution in [0.2, 0.25) is 0 Å². The molecule has 0 fully saturated rings. The number of fused-ring (bicyclic) bond motifs is 3. The third-order valence-corrected chi connectivity index (χ3v) is 3.91. The van der Waals surface area contributed by atoms with E-state index in [-0.39, 0.29) is 11.6 Å². The van der Waals surface area contributed by atoms with Crippen molar-refractivity contribution in [3.8, 4) is 5.75 Å². The van der Waals surface area contributed by atoms with Crippen molar-refractivity contribution in [2.24, 2.45) is 5.10 Å². The molecule has 0 aliphatic rings. The molecule has 4 rings (SSSR count). The first kappa shape index (κ1) is 16.4. The minimum Gasteiger partial charge on any atom is -0.496 e. The number of ether oxygens (including phenoxy) is 1. The molecule has 0 unspecified atom stereocenters. The van der Waals surface area contributed by atoms with Crippen LogP contribution in [0.1, 0.15) is 5.56 Å². The Morgan fingerprint density at radius 1 is 1.26 bits per heavy atom. The number of anilines is 1. The van der Waals surface area contributed by atoms with Crippen LogP contribution in [0.3, 0.4) is 0 Å². The number of nitro benzene ring substituents is 1. The molecule has 0 bridgehead atoms. The summed E-state index contributed by atoms with van der Waals surface area (Å²) in [6.07, 6.45) is 1.39. The Hall–Kier alpha value is -4.08. The normalized spacial score (nSPS) is 11.3. The standard InChI is InChI=1S/C17H13N7O3/c1-27-14-7-6-11(24(25)26)8-10(14)9-18-22-17-20-16-15(21-23-17)12-4-2-3-5-13(12)19-16/h2-9H,1H3,(H2,19,20,22,23). The number of para-hydroxylation sites is 1. The maximum Gasteiger partial charge on any atom is 0.270 e. The molecule has 10 heteroatoms. The lowest BCUT2D eigenvalue weighted by atomic mass is 10.2. The average Bonchev–Trinajstić information content (AvgIpc) is 3.05. The van der Waals surface area contributed by atoms with Crippen LogP contribution < -0.4 is 10.2 Å². The fourth-order valence-electron chi connectivity index (χ4n) is 2.66. The molecule has 0 radical (unpaired) electrons. The number of hydrazone groups is 1. The molecule has 10 nitrogen and oxygen atoms in total. The van der Waals surface area contributed by atoms with Crippen molar-refractivity contribution in [1.82, 2.24) is 20.2 Å². The largest absolute Gasteiger partial charge is 0.496 e. The zero-order valence-electron chi connectivity index (χ0n) is 14.1. The van der Waals surface area contributed by atoms with Crippen LogP contribution in [0.4, 0.5) is 11.6 Å². The Labute approximate surface area is 152 Å². The number of aromatic nitrogens is 4. The van der Waals surface area contributed by atoms with E-state index in [2.05, 4.69) is 30.7 Å². The van der Waals surface area contributed by atoms with Gasteiger partial charge >= 0.3 is 0 Å². The number of hydrogen-bond donors (Lipinski definition) is 2. The van der Waals surface area contributed by atoms with Crippen molar-refractivity contribution in [1.29, 1.82) is 0 Å². The number of nitrogens with one attached hydrogen (secondary N) is 2. The second-order valence-corrected chi connectivity index (χ2v) is 5.56. The third-order valence-electron chi connectivity index (χ3n) is 3.91. The van der Waals surface area contributed by atoms with Crippen LogP contribution in [0, 0.1) is 10.1 Å². The highest BCUT2D eigenvalue weighted by molar-refractivity contribution is 6.03. The van der Waals surface area contributed by atoms with Gasteiger partial charge in [-0.1, -0.05) is 18.2 Å². The van der Waals surface area contributed by atoms with Crippen molar-refractivity contribution in [2.45, 2.75) is 0 Å². The zero-order valence-corrected chi connectivity index (χ0v) is 14.1. The van der Waals surface area contributed by atoms with E-state index in [0.717, 1.165) is 10.9 Å². The van der Waals surface area contributed by atoms with Crippen LogP contribution in [0.15, 0.2) is 47.6 Å². The first-order chi connectivity index (χ1) is 13.2. The second-order valence-electron chi connectivity index (χ2n) is 5.56. The van der Waals surface area contributed by atoms with Gasteiger partial charge in [0.2, 0.25) is 0 Å². The minimum atomic E-state index is -0.485. The van der Waals surface area contributed by atoms with Gasteiger partial charge in [0, 0.05) is 28.6 Å². The summed E-state index contributed by atoms with van der Waals surface area (Å²) in [7, 11) is 1.48. The first-order valence-electron chi connectivity index (χ1n) is 7.88. The third kappa shape index (κ3) is 3.11. The number of H-pyrrole nitrogens is 1. The quantitative estimate of drug-likeness (QED) is 0.316. The van der Waals surface area contributed by atoms with Gasteiger partial charge < -0.3 is 9.72 Å². The first-order valence-corrected chi connectivity index (χ1v) is 7.88. The molecular formula is C17H13N7O3. The summed E-state index contributed by atoms with van der Waals surface area (Å²) in [4.78, 5) is 17.9. The molecule has 4 aromatic rings. The Morgan fingerprint density at radius 2 is 2.11 bits per heavy atom. The van der Waals surface area contributed by atoms with Crippen molar-refractivity contribution >= 4 is 39.9 Å². The Morgan fingerprint density at radius 3 is 2.93 bits per heavy atom. The Balaban J connectivity index is 1.60.